The van der Waals surface area contributed by atoms with E-state index in [1.807, 2.05) is 24.6 Å². The van der Waals surface area contributed by atoms with Gasteiger partial charge >= 0.3 is 0 Å². The van der Waals surface area contributed by atoms with Crippen LogP contribution < -0.4 is 0 Å². The molecule has 23 heavy (non-hydrogen) atoms. The minimum atomic E-state index is -0.430. The minimum absolute atomic E-state index is 0.00462. The summed E-state index contributed by atoms with van der Waals surface area (Å²) in [7, 11) is 0. The van der Waals surface area contributed by atoms with Crippen molar-refractivity contribution in [3.8, 4) is 0 Å². The van der Waals surface area contributed by atoms with E-state index in [1.54, 1.807) is 17.0 Å². The summed E-state index contributed by atoms with van der Waals surface area (Å²) in [5.74, 6) is -0.527. The van der Waals surface area contributed by atoms with Crippen molar-refractivity contribution in [2.75, 3.05) is 13.1 Å². The second kappa shape index (κ2) is 6.32. The van der Waals surface area contributed by atoms with Crippen LogP contribution in [0.15, 0.2) is 24.3 Å². The summed E-state index contributed by atoms with van der Waals surface area (Å²) in [5, 5.41) is 4.79. The number of likely N-dealkylation sites (tertiary alicyclic amines) is 1. The number of rotatable bonds is 3. The van der Waals surface area contributed by atoms with Crippen LogP contribution in [0.5, 0.6) is 0 Å². The lowest BCUT2D eigenvalue weighted by Gasteiger charge is -2.18. The highest BCUT2D eigenvalue weighted by Gasteiger charge is 2.29. The van der Waals surface area contributed by atoms with Crippen LogP contribution in [-0.4, -0.2) is 33.7 Å². The van der Waals surface area contributed by atoms with Crippen molar-refractivity contribution in [2.24, 2.45) is 0 Å². The first-order valence-corrected chi connectivity index (χ1v) is 8.07. The highest BCUT2D eigenvalue weighted by Crippen LogP contribution is 2.25. The third-order valence-corrected chi connectivity index (χ3v) is 4.65. The van der Waals surface area contributed by atoms with Gasteiger partial charge in [-0.15, -0.1) is 0 Å². The van der Waals surface area contributed by atoms with Crippen molar-refractivity contribution in [3.63, 3.8) is 0 Å². The van der Waals surface area contributed by atoms with Crippen molar-refractivity contribution < 1.29 is 9.18 Å². The summed E-state index contributed by atoms with van der Waals surface area (Å²) >= 11 is 6.00. The van der Waals surface area contributed by atoms with Crippen molar-refractivity contribution in [1.29, 1.82) is 0 Å². The first kappa shape index (κ1) is 16.0. The van der Waals surface area contributed by atoms with Crippen LogP contribution in [0.25, 0.3) is 0 Å². The largest absolute Gasteiger partial charge is 0.340 e. The number of aromatic nitrogens is 2. The molecule has 4 nitrogen and oxygen atoms in total. The second-order valence-corrected chi connectivity index (χ2v) is 6.44. The van der Waals surface area contributed by atoms with E-state index in [0.29, 0.717) is 18.1 Å². The fourth-order valence-electron chi connectivity index (χ4n) is 3.15. The summed E-state index contributed by atoms with van der Waals surface area (Å²) in [4.78, 5) is 14.2. The molecule has 3 rings (SSSR count). The molecule has 122 valence electrons. The monoisotopic (exact) mass is 335 g/mol. The molecule has 1 aliphatic heterocycles. The van der Waals surface area contributed by atoms with Crippen LogP contribution in [0.1, 0.15) is 29.4 Å². The van der Waals surface area contributed by atoms with Gasteiger partial charge in [0.15, 0.2) is 0 Å². The number of nitrogens with zero attached hydrogens (tertiary/aromatic N) is 3. The molecule has 0 radical (unpaired) electrons. The first-order valence-electron chi connectivity index (χ1n) is 7.69. The molecular formula is C17H19ClFN3O. The molecule has 1 fully saturated rings. The Morgan fingerprint density at radius 1 is 1.43 bits per heavy atom. The Morgan fingerprint density at radius 3 is 2.87 bits per heavy atom. The van der Waals surface area contributed by atoms with Gasteiger partial charge in [-0.05, 0) is 38.5 Å². The zero-order valence-corrected chi connectivity index (χ0v) is 14.0. The van der Waals surface area contributed by atoms with Crippen molar-refractivity contribution in [1.82, 2.24) is 14.7 Å². The number of halogens is 2. The van der Waals surface area contributed by atoms with Crippen LogP contribution in [-0.2, 0) is 11.2 Å². The van der Waals surface area contributed by atoms with E-state index in [0.717, 1.165) is 17.8 Å². The summed E-state index contributed by atoms with van der Waals surface area (Å²) in [6, 6.07) is 6.69. The molecular weight excluding hydrogens is 317 g/mol. The topological polar surface area (TPSA) is 38.1 Å². The Balaban J connectivity index is 1.69. The number of hydrogen-bond acceptors (Lipinski definition) is 2. The van der Waals surface area contributed by atoms with E-state index in [4.69, 9.17) is 11.6 Å². The maximum atomic E-state index is 13.8. The summed E-state index contributed by atoms with van der Waals surface area (Å²) in [6.07, 6.45) is 0.855. The normalized spacial score (nSPS) is 17.7. The average molecular weight is 336 g/mol. The maximum Gasteiger partial charge on any atom is 0.227 e. The number of carbonyl (C=O) groups excluding carboxylic acids is 1. The molecule has 0 bridgehead atoms. The number of amides is 1. The fraction of sp³-hybridized carbons (Fsp3) is 0.412. The van der Waals surface area contributed by atoms with Crippen LogP contribution in [0.2, 0.25) is 5.02 Å². The lowest BCUT2D eigenvalue weighted by molar-refractivity contribution is -0.129. The molecule has 1 amide bonds. The van der Waals surface area contributed by atoms with Crippen LogP contribution in [0, 0.1) is 19.7 Å². The van der Waals surface area contributed by atoms with Gasteiger partial charge in [0.05, 0.1) is 18.2 Å². The van der Waals surface area contributed by atoms with Gasteiger partial charge in [0.2, 0.25) is 5.91 Å². The van der Waals surface area contributed by atoms with E-state index in [1.165, 1.54) is 6.07 Å². The quantitative estimate of drug-likeness (QED) is 0.863. The highest BCUT2D eigenvalue weighted by atomic mass is 35.5. The molecule has 2 heterocycles. The number of aryl methyl sites for hydroxylation is 2. The van der Waals surface area contributed by atoms with Crippen LogP contribution in [0.3, 0.4) is 0 Å². The Kier molecular flexibility index (Phi) is 4.39. The third kappa shape index (κ3) is 3.24. The van der Waals surface area contributed by atoms with Gasteiger partial charge in [-0.1, -0.05) is 17.7 Å². The highest BCUT2D eigenvalue weighted by molar-refractivity contribution is 6.31. The van der Waals surface area contributed by atoms with Crippen molar-refractivity contribution in [3.05, 3.63) is 52.1 Å². The van der Waals surface area contributed by atoms with E-state index < -0.39 is 5.82 Å². The lowest BCUT2D eigenvalue weighted by atomic mass is 10.1. The van der Waals surface area contributed by atoms with Gasteiger partial charge in [-0.2, -0.15) is 5.10 Å². The summed E-state index contributed by atoms with van der Waals surface area (Å²) in [5.41, 5.74) is 2.35. The lowest BCUT2D eigenvalue weighted by Crippen LogP contribution is -2.31. The Labute approximate surface area is 139 Å². The standard InChI is InChI=1S/C17H19ClFN3O/c1-11-8-12(2)22(20-11)13-6-7-21(10-13)17(23)9-14-15(18)4-3-5-16(14)19/h3-5,8,13H,6-7,9-10H2,1-2H3/t13-/m1/s1. The minimum Gasteiger partial charge on any atom is -0.340 e. The Morgan fingerprint density at radius 2 is 2.22 bits per heavy atom. The van der Waals surface area contributed by atoms with Gasteiger partial charge < -0.3 is 4.90 Å². The molecule has 6 heteroatoms. The summed E-state index contributed by atoms with van der Waals surface area (Å²) < 4.78 is 15.8. The number of benzene rings is 1. The number of hydrogen-bond donors (Lipinski definition) is 0. The molecule has 0 aliphatic carbocycles. The zero-order valence-electron chi connectivity index (χ0n) is 13.2. The molecule has 0 N–H and O–H groups in total. The maximum absolute atomic E-state index is 13.8. The molecule has 0 unspecified atom stereocenters. The Bertz CT molecular complexity index is 723. The van der Waals surface area contributed by atoms with Crippen LogP contribution >= 0.6 is 11.6 Å². The third-order valence-electron chi connectivity index (χ3n) is 4.30. The first-order chi connectivity index (χ1) is 11.0. The van der Waals surface area contributed by atoms with Crippen molar-refractivity contribution in [2.45, 2.75) is 32.7 Å². The van der Waals surface area contributed by atoms with Gasteiger partial charge in [0.1, 0.15) is 5.82 Å². The second-order valence-electron chi connectivity index (χ2n) is 6.03. The smallest absolute Gasteiger partial charge is 0.227 e. The number of carbonyl (C=O) groups is 1. The van der Waals surface area contributed by atoms with E-state index in [-0.39, 0.29) is 23.9 Å². The molecule has 1 atom stereocenters. The molecule has 1 aromatic heterocycles. The van der Waals surface area contributed by atoms with Gasteiger partial charge in [0.25, 0.3) is 0 Å². The molecule has 0 saturated carbocycles. The Hall–Kier alpha value is -1.88. The molecule has 2 aromatic rings. The van der Waals surface area contributed by atoms with Crippen LogP contribution in [0.4, 0.5) is 4.39 Å². The van der Waals surface area contributed by atoms with E-state index in [2.05, 4.69) is 5.10 Å². The molecule has 1 aromatic carbocycles. The van der Waals surface area contributed by atoms with Gasteiger partial charge in [-0.25, -0.2) is 4.39 Å². The average Bonchev–Trinajstić information content (AvgIpc) is 3.09. The van der Waals surface area contributed by atoms with Gasteiger partial charge in [0, 0.05) is 29.4 Å². The van der Waals surface area contributed by atoms with E-state index in [9.17, 15) is 9.18 Å². The molecule has 1 aliphatic rings. The molecule has 0 spiro atoms. The predicted octanol–water partition coefficient (Wildman–Crippen LogP) is 3.31. The van der Waals surface area contributed by atoms with E-state index >= 15 is 0 Å². The molecule has 1 saturated heterocycles. The predicted molar refractivity (Wildman–Crippen MR) is 87.0 cm³/mol. The fourth-order valence-corrected chi connectivity index (χ4v) is 3.38. The van der Waals surface area contributed by atoms with Gasteiger partial charge in [-0.3, -0.25) is 9.48 Å². The summed E-state index contributed by atoms with van der Waals surface area (Å²) in [6.45, 7) is 5.24. The SMILES string of the molecule is Cc1cc(C)n([C@@H]2CCN(C(=O)Cc3c(F)cccc3Cl)C2)n1. The zero-order chi connectivity index (χ0) is 16.6. The van der Waals surface area contributed by atoms with Crippen molar-refractivity contribution >= 4 is 17.5 Å².